The largest absolute Gasteiger partial charge is 0.509 e. The fraction of sp³-hybridized carbons (Fsp3) is 0.625. The number of hydrogen-bond donors (Lipinski definition) is 3. The number of aliphatic hydroxyl groups is 1. The molecule has 3 atom stereocenters. The zero-order chi connectivity index (χ0) is 22.0. The van der Waals surface area contributed by atoms with E-state index in [1.165, 1.54) is 20.8 Å². The Morgan fingerprint density at radius 1 is 1.41 bits per heavy atom. The molecule has 1 aromatic rings. The van der Waals surface area contributed by atoms with E-state index in [2.05, 4.69) is 4.98 Å². The van der Waals surface area contributed by atoms with E-state index >= 15 is 0 Å². The quantitative estimate of drug-likeness (QED) is 0.593. The second kappa shape index (κ2) is 8.29. The van der Waals surface area contributed by atoms with Gasteiger partial charge in [0.15, 0.2) is 6.10 Å². The first-order chi connectivity index (χ1) is 13.3. The number of amides is 1. The van der Waals surface area contributed by atoms with Crippen molar-refractivity contribution in [2.24, 2.45) is 0 Å². The molecule has 11 nitrogen and oxygen atoms in total. The number of aromatic nitrogens is 2. The number of hydrogen-bond acceptors (Lipinski definition) is 8. The lowest BCUT2D eigenvalue weighted by atomic mass is 10.1. The number of nitrogens with zero attached hydrogens (tertiary/aromatic N) is 2. The van der Waals surface area contributed by atoms with Gasteiger partial charge in [-0.25, -0.2) is 14.4 Å². The van der Waals surface area contributed by atoms with Gasteiger partial charge < -0.3 is 24.4 Å². The van der Waals surface area contributed by atoms with Crippen molar-refractivity contribution >= 4 is 18.1 Å². The Labute approximate surface area is 163 Å². The van der Waals surface area contributed by atoms with Crippen molar-refractivity contribution < 1.29 is 42.8 Å². The Morgan fingerprint density at radius 2 is 2.07 bits per heavy atom. The van der Waals surface area contributed by atoms with Gasteiger partial charge in [-0.2, -0.15) is 13.8 Å². The highest BCUT2D eigenvalue weighted by atomic mass is 19.3. The number of alkyl halides is 2. The molecule has 0 spiro atoms. The van der Waals surface area contributed by atoms with E-state index in [0.29, 0.717) is 0 Å². The second-order valence-corrected chi connectivity index (χ2v) is 7.20. The Balaban J connectivity index is 2.17. The SMILES string of the molecule is CC(C)(C)OC(=O)O[C@@H]1[C@@H](CO)O[C@@H](Cn2ccc(NC(=O)O)nc2=O)C1(F)F. The Hall–Kier alpha value is -2.80. The van der Waals surface area contributed by atoms with E-state index < -0.39 is 60.9 Å². The summed E-state index contributed by atoms with van der Waals surface area (Å²) in [6.45, 7) is 3.01. The Kier molecular flexibility index (Phi) is 6.43. The van der Waals surface area contributed by atoms with Crippen LogP contribution in [0.25, 0.3) is 0 Å². The summed E-state index contributed by atoms with van der Waals surface area (Å²) < 4.78 is 45.0. The molecule has 0 aliphatic carbocycles. The fourth-order valence-electron chi connectivity index (χ4n) is 2.57. The minimum Gasteiger partial charge on any atom is -0.465 e. The van der Waals surface area contributed by atoms with Crippen LogP contribution >= 0.6 is 0 Å². The summed E-state index contributed by atoms with van der Waals surface area (Å²) in [6.07, 6.45) is -7.36. The van der Waals surface area contributed by atoms with Crippen LogP contribution in [0, 0.1) is 0 Å². The number of carboxylic acid groups (broad SMARTS) is 1. The summed E-state index contributed by atoms with van der Waals surface area (Å²) in [4.78, 5) is 37.7. The number of nitrogens with one attached hydrogen (secondary N) is 1. The predicted molar refractivity (Wildman–Crippen MR) is 91.9 cm³/mol. The molecule has 1 saturated heterocycles. The number of rotatable bonds is 5. The summed E-state index contributed by atoms with van der Waals surface area (Å²) >= 11 is 0. The molecular weight excluding hydrogens is 400 g/mol. The first-order valence-corrected chi connectivity index (χ1v) is 8.44. The molecule has 29 heavy (non-hydrogen) atoms. The second-order valence-electron chi connectivity index (χ2n) is 7.20. The van der Waals surface area contributed by atoms with Crippen LogP contribution in [0.1, 0.15) is 20.8 Å². The molecule has 1 fully saturated rings. The van der Waals surface area contributed by atoms with Crippen molar-refractivity contribution in [2.45, 2.75) is 57.2 Å². The van der Waals surface area contributed by atoms with Crippen LogP contribution in [0.15, 0.2) is 17.1 Å². The number of aliphatic hydroxyl groups excluding tert-OH is 1. The predicted octanol–water partition coefficient (Wildman–Crippen LogP) is 1.05. The standard InChI is InChI=1S/C16H21F2N3O8/c1-15(2,3)29-14(26)28-11-8(7-22)27-9(16(11,17)18)6-21-5-4-10(19-12(21)23)20-13(24)25/h4-5,8-9,11,22H,6-7H2,1-3H3,(H,24,25)(H,19,20,23)/t8-,9+,11-/m1/s1. The first kappa shape index (κ1) is 22.5. The van der Waals surface area contributed by atoms with Crippen LogP contribution in [0.4, 0.5) is 24.2 Å². The molecule has 0 radical (unpaired) electrons. The van der Waals surface area contributed by atoms with Gasteiger partial charge in [-0.1, -0.05) is 0 Å². The first-order valence-electron chi connectivity index (χ1n) is 8.44. The molecule has 1 aliphatic rings. The van der Waals surface area contributed by atoms with Gasteiger partial charge in [0.25, 0.3) is 0 Å². The number of anilines is 1. The molecule has 162 valence electrons. The lowest BCUT2D eigenvalue weighted by Gasteiger charge is -2.25. The minimum absolute atomic E-state index is 0.280. The van der Waals surface area contributed by atoms with Crippen molar-refractivity contribution in [3.05, 3.63) is 22.7 Å². The minimum atomic E-state index is -3.76. The van der Waals surface area contributed by atoms with Crippen LogP contribution in [0.3, 0.4) is 0 Å². The van der Waals surface area contributed by atoms with Crippen molar-refractivity contribution in [2.75, 3.05) is 11.9 Å². The number of halogens is 2. The monoisotopic (exact) mass is 421 g/mol. The fourth-order valence-corrected chi connectivity index (χ4v) is 2.57. The highest BCUT2D eigenvalue weighted by Gasteiger charge is 2.61. The molecule has 0 bridgehead atoms. The van der Waals surface area contributed by atoms with E-state index in [0.717, 1.165) is 16.8 Å². The lowest BCUT2D eigenvalue weighted by Crippen LogP contribution is -2.46. The van der Waals surface area contributed by atoms with Gasteiger partial charge in [0.05, 0.1) is 13.2 Å². The zero-order valence-corrected chi connectivity index (χ0v) is 15.8. The summed E-state index contributed by atoms with van der Waals surface area (Å²) in [5, 5.41) is 19.8. The third-order valence-electron chi connectivity index (χ3n) is 3.75. The van der Waals surface area contributed by atoms with Crippen LogP contribution in [0.2, 0.25) is 0 Å². The van der Waals surface area contributed by atoms with Gasteiger partial charge in [0.1, 0.15) is 23.6 Å². The maximum absolute atomic E-state index is 14.8. The highest BCUT2D eigenvalue weighted by Crippen LogP contribution is 2.39. The number of carbonyl (C=O) groups excluding carboxylic acids is 1. The molecule has 0 aromatic carbocycles. The molecule has 1 aromatic heterocycles. The van der Waals surface area contributed by atoms with Crippen molar-refractivity contribution in [1.29, 1.82) is 0 Å². The third kappa shape index (κ3) is 5.60. The molecule has 3 N–H and O–H groups in total. The van der Waals surface area contributed by atoms with Crippen molar-refractivity contribution in [3.8, 4) is 0 Å². The van der Waals surface area contributed by atoms with Crippen molar-refractivity contribution in [1.82, 2.24) is 9.55 Å². The van der Waals surface area contributed by atoms with Crippen LogP contribution in [0.5, 0.6) is 0 Å². The number of carbonyl (C=O) groups is 2. The molecule has 0 saturated carbocycles. The molecule has 1 amide bonds. The van der Waals surface area contributed by atoms with Gasteiger partial charge in [0, 0.05) is 6.20 Å². The van der Waals surface area contributed by atoms with Gasteiger partial charge in [0.2, 0.25) is 0 Å². The average molecular weight is 421 g/mol. The summed E-state index contributed by atoms with van der Waals surface area (Å²) in [5.74, 6) is -4.04. The van der Waals surface area contributed by atoms with Gasteiger partial charge in [-0.05, 0) is 26.8 Å². The van der Waals surface area contributed by atoms with Crippen LogP contribution in [-0.4, -0.2) is 68.5 Å². The van der Waals surface area contributed by atoms with Crippen LogP contribution < -0.4 is 11.0 Å². The van der Waals surface area contributed by atoms with Gasteiger partial charge in [-0.15, -0.1) is 0 Å². The van der Waals surface area contributed by atoms with E-state index in [4.69, 9.17) is 19.3 Å². The highest BCUT2D eigenvalue weighted by molar-refractivity contribution is 5.81. The van der Waals surface area contributed by atoms with E-state index in [1.54, 1.807) is 0 Å². The Bertz CT molecular complexity index is 823. The normalized spacial score (nSPS) is 23.4. The third-order valence-corrected chi connectivity index (χ3v) is 3.75. The van der Waals surface area contributed by atoms with Crippen LogP contribution in [-0.2, 0) is 20.8 Å². The lowest BCUT2D eigenvalue weighted by molar-refractivity contribution is -0.132. The molecule has 13 heteroatoms. The zero-order valence-electron chi connectivity index (χ0n) is 15.8. The van der Waals surface area contributed by atoms with Gasteiger partial charge in [-0.3, -0.25) is 9.88 Å². The van der Waals surface area contributed by atoms with E-state index in [1.807, 2.05) is 5.32 Å². The molecular formula is C16H21F2N3O8. The Morgan fingerprint density at radius 3 is 2.59 bits per heavy atom. The topological polar surface area (TPSA) is 149 Å². The van der Waals surface area contributed by atoms with Crippen molar-refractivity contribution in [3.63, 3.8) is 0 Å². The average Bonchev–Trinajstić information content (AvgIpc) is 2.78. The maximum Gasteiger partial charge on any atom is 0.509 e. The summed E-state index contributed by atoms with van der Waals surface area (Å²) in [6, 6.07) is 1.10. The molecule has 1 aliphatic heterocycles. The summed E-state index contributed by atoms with van der Waals surface area (Å²) in [5.41, 5.74) is -1.99. The van der Waals surface area contributed by atoms with E-state index in [9.17, 15) is 28.3 Å². The van der Waals surface area contributed by atoms with Gasteiger partial charge >= 0.3 is 23.9 Å². The number of ether oxygens (including phenoxy) is 3. The van der Waals surface area contributed by atoms with E-state index in [-0.39, 0.29) is 5.82 Å². The summed E-state index contributed by atoms with van der Waals surface area (Å²) in [7, 11) is 0. The smallest absolute Gasteiger partial charge is 0.465 e. The molecule has 2 rings (SSSR count). The molecule has 0 unspecified atom stereocenters. The molecule has 2 heterocycles. The maximum atomic E-state index is 14.8.